The number of hydrogen-bond acceptors (Lipinski definition) is 6. The van der Waals surface area contributed by atoms with Gasteiger partial charge in [-0.05, 0) is 0 Å². The van der Waals surface area contributed by atoms with Gasteiger partial charge in [-0.2, -0.15) is 0 Å². The molecule has 5 atom stereocenters. The first-order chi connectivity index (χ1) is 7.47. The number of aliphatic hydroxyl groups is 3. The predicted octanol–water partition coefficient (Wildman–Crippen LogP) is -0.575. The molecule has 1 aliphatic rings. The first kappa shape index (κ1) is 14.8. The molecule has 0 bridgehead atoms. The van der Waals surface area contributed by atoms with Crippen LogP contribution in [0.15, 0.2) is 0 Å². The van der Waals surface area contributed by atoms with Crippen molar-refractivity contribution in [3.05, 3.63) is 0 Å². The molecule has 5 nitrogen and oxygen atoms in total. The van der Waals surface area contributed by atoms with Crippen molar-refractivity contribution >= 4 is 23.5 Å². The Morgan fingerprint density at radius 1 is 1.19 bits per heavy atom. The summed E-state index contributed by atoms with van der Waals surface area (Å²) in [5.41, 5.74) is 4.37. The molecular weight excluding hydrogens is 295 g/mol. The Labute approximate surface area is 103 Å². The molecule has 7 heteroatoms. The molecule has 0 amide bonds. The van der Waals surface area contributed by atoms with Crippen molar-refractivity contribution in [2.45, 2.75) is 42.1 Å². The minimum absolute atomic E-state index is 0.481. The van der Waals surface area contributed by atoms with Crippen LogP contribution < -0.4 is 0 Å². The summed E-state index contributed by atoms with van der Waals surface area (Å²) in [6.45, 7) is 0. The first-order valence-corrected chi connectivity index (χ1v) is 12.0. The molecule has 1 saturated heterocycles. The standard InChI is InChI=1S/C9H19AsO5S/c1-10(2)16-4-5-6(11)7(12)8(13)9(14-3)15-5/h5-9,11-13H,4H2,1-3H3/t5-,6+,7+,8-,9?/m1/s1. The van der Waals surface area contributed by atoms with Crippen LogP contribution >= 0.6 is 10.0 Å². The Morgan fingerprint density at radius 3 is 2.31 bits per heavy atom. The van der Waals surface area contributed by atoms with Crippen LogP contribution in [0.25, 0.3) is 0 Å². The predicted molar refractivity (Wildman–Crippen MR) is 63.6 cm³/mol. The van der Waals surface area contributed by atoms with Crippen LogP contribution in [0.3, 0.4) is 0 Å². The van der Waals surface area contributed by atoms with Crippen LogP contribution in [0.2, 0.25) is 11.4 Å². The van der Waals surface area contributed by atoms with E-state index in [2.05, 4.69) is 11.4 Å². The van der Waals surface area contributed by atoms with Crippen molar-refractivity contribution in [1.29, 1.82) is 0 Å². The van der Waals surface area contributed by atoms with Crippen LogP contribution in [0.4, 0.5) is 0 Å². The van der Waals surface area contributed by atoms with E-state index in [-0.39, 0.29) is 0 Å². The summed E-state index contributed by atoms with van der Waals surface area (Å²) in [5, 5.41) is 28.9. The number of rotatable bonds is 4. The second-order valence-electron chi connectivity index (χ2n) is 3.86. The molecule has 0 aromatic carbocycles. The van der Waals surface area contributed by atoms with Crippen molar-refractivity contribution in [2.24, 2.45) is 0 Å². The summed E-state index contributed by atoms with van der Waals surface area (Å²) < 4.78 is 10.3. The summed E-state index contributed by atoms with van der Waals surface area (Å²) in [4.78, 5) is 0. The quantitative estimate of drug-likeness (QED) is 0.603. The average Bonchev–Trinajstić information content (AvgIpc) is 2.25. The van der Waals surface area contributed by atoms with Gasteiger partial charge in [0, 0.05) is 0 Å². The molecule has 1 heterocycles. The third-order valence-corrected chi connectivity index (χ3v) is 7.58. The number of ether oxygens (including phenoxy) is 2. The molecule has 1 aliphatic heterocycles. The van der Waals surface area contributed by atoms with Crippen molar-refractivity contribution < 1.29 is 24.8 Å². The summed E-state index contributed by atoms with van der Waals surface area (Å²) in [6, 6.07) is 0. The molecule has 0 radical (unpaired) electrons. The van der Waals surface area contributed by atoms with Crippen molar-refractivity contribution in [3.63, 3.8) is 0 Å². The molecule has 96 valence electrons. The van der Waals surface area contributed by atoms with Gasteiger partial charge in [0.1, 0.15) is 0 Å². The molecule has 1 rings (SSSR count). The van der Waals surface area contributed by atoms with E-state index in [1.807, 2.05) is 0 Å². The molecule has 0 aromatic rings. The van der Waals surface area contributed by atoms with Gasteiger partial charge in [0.15, 0.2) is 0 Å². The zero-order valence-corrected chi connectivity index (χ0v) is 12.3. The van der Waals surface area contributed by atoms with Gasteiger partial charge in [0.2, 0.25) is 0 Å². The number of methoxy groups -OCH3 is 1. The van der Waals surface area contributed by atoms with Gasteiger partial charge in [-0.15, -0.1) is 0 Å². The topological polar surface area (TPSA) is 79.2 Å². The second-order valence-corrected chi connectivity index (χ2v) is 13.3. The van der Waals surface area contributed by atoms with E-state index < -0.39 is 44.2 Å². The molecule has 1 fully saturated rings. The number of hydrogen-bond donors (Lipinski definition) is 3. The maximum atomic E-state index is 9.75. The van der Waals surface area contributed by atoms with E-state index >= 15 is 0 Å². The van der Waals surface area contributed by atoms with E-state index in [4.69, 9.17) is 9.47 Å². The molecule has 3 N–H and O–H groups in total. The summed E-state index contributed by atoms with van der Waals surface area (Å²) in [7, 11) is 3.17. The summed E-state index contributed by atoms with van der Waals surface area (Å²) in [6.07, 6.45) is -4.80. The molecule has 16 heavy (non-hydrogen) atoms. The zero-order chi connectivity index (χ0) is 12.3. The van der Waals surface area contributed by atoms with Crippen LogP contribution in [0, 0.1) is 0 Å². The van der Waals surface area contributed by atoms with Crippen molar-refractivity contribution in [3.8, 4) is 0 Å². The van der Waals surface area contributed by atoms with E-state index in [9.17, 15) is 15.3 Å². The maximum absolute atomic E-state index is 9.75. The fraction of sp³-hybridized carbons (Fsp3) is 1.00. The monoisotopic (exact) mass is 314 g/mol. The fourth-order valence-electron chi connectivity index (χ4n) is 1.47. The van der Waals surface area contributed by atoms with E-state index in [0.717, 1.165) is 0 Å². The Kier molecular flexibility index (Phi) is 6.08. The van der Waals surface area contributed by atoms with Crippen LogP contribution in [-0.4, -0.2) is 72.4 Å². The average molecular weight is 314 g/mol. The normalized spacial score (nSPS) is 40.3. The molecule has 0 spiro atoms. The van der Waals surface area contributed by atoms with Crippen molar-refractivity contribution in [1.82, 2.24) is 0 Å². The molecular formula is C9H19AsO5S. The van der Waals surface area contributed by atoms with E-state index in [1.165, 1.54) is 7.11 Å². The van der Waals surface area contributed by atoms with Gasteiger partial charge in [-0.25, -0.2) is 0 Å². The molecule has 1 unspecified atom stereocenters. The van der Waals surface area contributed by atoms with Crippen LogP contribution in [-0.2, 0) is 9.47 Å². The SMILES string of the molecule is COC1O[C@H](CS[As](C)C)[C@H](O)[C@H](O)[C@H]1O. The van der Waals surface area contributed by atoms with Gasteiger partial charge < -0.3 is 0 Å². The fourth-order valence-corrected chi connectivity index (χ4v) is 4.99. The Hall–Kier alpha value is 0.708. The first-order valence-electron chi connectivity index (χ1n) is 5.00. The van der Waals surface area contributed by atoms with E-state index in [0.29, 0.717) is 5.75 Å². The number of aliphatic hydroxyl groups excluding tert-OH is 3. The van der Waals surface area contributed by atoms with Gasteiger partial charge >= 0.3 is 103 Å². The molecule has 0 aliphatic carbocycles. The minimum atomic E-state index is -1.21. The molecule has 0 saturated carbocycles. The van der Waals surface area contributed by atoms with Gasteiger partial charge in [0.05, 0.1) is 0 Å². The summed E-state index contributed by atoms with van der Waals surface area (Å²) in [5.74, 6) is 0.623. The Bertz CT molecular complexity index is 216. The third kappa shape index (κ3) is 3.60. The zero-order valence-electron chi connectivity index (χ0n) is 9.61. The Balaban J connectivity index is 2.56. The van der Waals surface area contributed by atoms with Gasteiger partial charge in [-0.1, -0.05) is 0 Å². The summed E-state index contributed by atoms with van der Waals surface area (Å²) >= 11 is -0.854. The van der Waals surface area contributed by atoms with Gasteiger partial charge in [-0.3, -0.25) is 0 Å². The Morgan fingerprint density at radius 2 is 1.81 bits per heavy atom. The van der Waals surface area contributed by atoms with Crippen LogP contribution in [0.5, 0.6) is 0 Å². The van der Waals surface area contributed by atoms with Gasteiger partial charge in [0.25, 0.3) is 0 Å². The van der Waals surface area contributed by atoms with Crippen LogP contribution in [0.1, 0.15) is 0 Å². The second kappa shape index (κ2) is 6.59. The third-order valence-electron chi connectivity index (χ3n) is 2.40. The van der Waals surface area contributed by atoms with Crippen molar-refractivity contribution in [2.75, 3.05) is 12.9 Å². The molecule has 0 aromatic heterocycles. The van der Waals surface area contributed by atoms with E-state index in [1.54, 1.807) is 10.0 Å².